The number of carbonyl (C=O) groups excluding carboxylic acids is 1. The van der Waals surface area contributed by atoms with Crippen LogP contribution in [0, 0.1) is 0 Å². The Balaban J connectivity index is 1.51. The molecule has 1 aliphatic rings. The minimum absolute atomic E-state index is 0.0743. The number of ether oxygens (including phenoxy) is 1. The number of aryl methyl sites for hydroxylation is 1. The molecule has 0 saturated carbocycles. The predicted octanol–water partition coefficient (Wildman–Crippen LogP) is 2.83. The van der Waals surface area contributed by atoms with E-state index in [9.17, 15) is 4.79 Å². The number of likely N-dealkylation sites (tertiary alicyclic amines) is 1. The molecule has 2 heterocycles. The lowest BCUT2D eigenvalue weighted by Crippen LogP contribution is -2.41. The fourth-order valence-corrected chi connectivity index (χ4v) is 3.28. The van der Waals surface area contributed by atoms with Crippen molar-refractivity contribution in [2.24, 2.45) is 0 Å². The van der Waals surface area contributed by atoms with E-state index in [-0.39, 0.29) is 12.5 Å². The molecule has 0 unspecified atom stereocenters. The van der Waals surface area contributed by atoms with Crippen molar-refractivity contribution in [1.29, 1.82) is 0 Å². The normalized spacial score (nSPS) is 17.9. The van der Waals surface area contributed by atoms with Crippen LogP contribution in [-0.2, 0) is 22.7 Å². The number of hydrogen-bond acceptors (Lipinski definition) is 3. The van der Waals surface area contributed by atoms with Crippen LogP contribution >= 0.6 is 0 Å². The highest BCUT2D eigenvalue weighted by atomic mass is 16.5. The van der Waals surface area contributed by atoms with Gasteiger partial charge >= 0.3 is 0 Å². The van der Waals surface area contributed by atoms with E-state index < -0.39 is 0 Å². The summed E-state index contributed by atoms with van der Waals surface area (Å²) in [6, 6.07) is 9.94. The van der Waals surface area contributed by atoms with Crippen LogP contribution in [0.1, 0.15) is 37.1 Å². The zero-order valence-corrected chi connectivity index (χ0v) is 14.2. The van der Waals surface area contributed by atoms with Gasteiger partial charge in [0, 0.05) is 37.9 Å². The standard InChI is InChI=1S/C19H25N3O2/c1-2-21-12-10-20-19(21)17-9-6-11-22(13-17)18(23)15-24-14-16-7-4-3-5-8-16/h3-5,7-8,10,12,17H,2,6,9,11,13-15H2,1H3/t17-/m0/s1. The lowest BCUT2D eigenvalue weighted by Gasteiger charge is -2.32. The molecule has 0 radical (unpaired) electrons. The number of carbonyl (C=O) groups is 1. The van der Waals surface area contributed by atoms with Gasteiger partial charge in [0.15, 0.2) is 0 Å². The number of aromatic nitrogens is 2. The van der Waals surface area contributed by atoms with Crippen molar-refractivity contribution in [2.75, 3.05) is 19.7 Å². The summed E-state index contributed by atoms with van der Waals surface area (Å²) in [6.45, 7) is 5.21. The second-order valence-corrected chi connectivity index (χ2v) is 6.23. The first kappa shape index (κ1) is 16.7. The zero-order chi connectivity index (χ0) is 16.8. The van der Waals surface area contributed by atoms with Crippen LogP contribution in [0.25, 0.3) is 0 Å². The fraction of sp³-hybridized carbons (Fsp3) is 0.474. The Morgan fingerprint density at radius 3 is 2.96 bits per heavy atom. The van der Waals surface area contributed by atoms with Gasteiger partial charge in [-0.15, -0.1) is 0 Å². The van der Waals surface area contributed by atoms with Gasteiger partial charge in [0.05, 0.1) is 6.61 Å². The van der Waals surface area contributed by atoms with E-state index in [1.807, 2.05) is 47.6 Å². The van der Waals surface area contributed by atoms with E-state index in [1.54, 1.807) is 0 Å². The van der Waals surface area contributed by atoms with Crippen molar-refractivity contribution >= 4 is 5.91 Å². The van der Waals surface area contributed by atoms with E-state index in [0.717, 1.165) is 43.9 Å². The van der Waals surface area contributed by atoms with Crippen molar-refractivity contribution in [3.63, 3.8) is 0 Å². The Morgan fingerprint density at radius 1 is 1.33 bits per heavy atom. The van der Waals surface area contributed by atoms with E-state index in [2.05, 4.69) is 16.5 Å². The summed E-state index contributed by atoms with van der Waals surface area (Å²) in [5, 5.41) is 0. The predicted molar refractivity (Wildman–Crippen MR) is 92.6 cm³/mol. The first-order valence-electron chi connectivity index (χ1n) is 8.68. The van der Waals surface area contributed by atoms with Crippen molar-refractivity contribution in [1.82, 2.24) is 14.5 Å². The Hall–Kier alpha value is -2.14. The molecule has 1 amide bonds. The molecule has 1 saturated heterocycles. The maximum Gasteiger partial charge on any atom is 0.248 e. The van der Waals surface area contributed by atoms with Gasteiger partial charge in [-0.05, 0) is 25.3 Å². The fourth-order valence-electron chi connectivity index (χ4n) is 3.28. The quantitative estimate of drug-likeness (QED) is 0.820. The summed E-state index contributed by atoms with van der Waals surface area (Å²) in [5.74, 6) is 1.50. The summed E-state index contributed by atoms with van der Waals surface area (Å²) in [7, 11) is 0. The first-order chi connectivity index (χ1) is 11.8. The molecule has 128 valence electrons. The summed E-state index contributed by atoms with van der Waals surface area (Å²) in [5.41, 5.74) is 1.09. The molecule has 0 spiro atoms. The lowest BCUT2D eigenvalue weighted by atomic mass is 9.97. The van der Waals surface area contributed by atoms with Gasteiger partial charge in [-0.2, -0.15) is 0 Å². The number of nitrogens with zero attached hydrogens (tertiary/aromatic N) is 3. The number of hydrogen-bond donors (Lipinski definition) is 0. The molecular formula is C19H25N3O2. The topological polar surface area (TPSA) is 47.4 Å². The number of piperidine rings is 1. The first-order valence-corrected chi connectivity index (χ1v) is 8.68. The van der Waals surface area contributed by atoms with Gasteiger partial charge in [-0.25, -0.2) is 4.98 Å². The van der Waals surface area contributed by atoms with Crippen LogP contribution in [0.2, 0.25) is 0 Å². The maximum absolute atomic E-state index is 12.4. The molecule has 1 atom stereocenters. The minimum Gasteiger partial charge on any atom is -0.367 e. The smallest absolute Gasteiger partial charge is 0.248 e. The molecule has 1 aliphatic heterocycles. The summed E-state index contributed by atoms with van der Waals surface area (Å²) in [6.07, 6.45) is 5.97. The van der Waals surface area contributed by atoms with E-state index >= 15 is 0 Å². The Kier molecular flexibility index (Phi) is 5.64. The summed E-state index contributed by atoms with van der Waals surface area (Å²) >= 11 is 0. The number of benzene rings is 1. The maximum atomic E-state index is 12.4. The molecule has 0 bridgehead atoms. The van der Waals surface area contributed by atoms with E-state index in [1.165, 1.54) is 0 Å². The molecule has 1 aromatic heterocycles. The van der Waals surface area contributed by atoms with Gasteiger partial charge in [-0.3, -0.25) is 4.79 Å². The van der Waals surface area contributed by atoms with Crippen LogP contribution < -0.4 is 0 Å². The third-order valence-corrected chi connectivity index (χ3v) is 4.56. The highest BCUT2D eigenvalue weighted by molar-refractivity contribution is 5.77. The molecule has 0 N–H and O–H groups in total. The molecule has 0 aliphatic carbocycles. The third-order valence-electron chi connectivity index (χ3n) is 4.56. The molecule has 3 rings (SSSR count). The monoisotopic (exact) mass is 327 g/mol. The number of rotatable bonds is 6. The van der Waals surface area contributed by atoms with Crippen molar-refractivity contribution < 1.29 is 9.53 Å². The molecule has 1 fully saturated rings. The molecular weight excluding hydrogens is 302 g/mol. The zero-order valence-electron chi connectivity index (χ0n) is 14.2. The molecule has 5 heteroatoms. The highest BCUT2D eigenvalue weighted by Gasteiger charge is 2.27. The van der Waals surface area contributed by atoms with Crippen LogP contribution in [0.15, 0.2) is 42.7 Å². The van der Waals surface area contributed by atoms with E-state index in [4.69, 9.17) is 4.74 Å². The van der Waals surface area contributed by atoms with Gasteiger partial charge < -0.3 is 14.2 Å². The lowest BCUT2D eigenvalue weighted by molar-refractivity contribution is -0.137. The van der Waals surface area contributed by atoms with Crippen LogP contribution in [0.5, 0.6) is 0 Å². The van der Waals surface area contributed by atoms with Crippen molar-refractivity contribution in [3.8, 4) is 0 Å². The average molecular weight is 327 g/mol. The molecule has 24 heavy (non-hydrogen) atoms. The van der Waals surface area contributed by atoms with Gasteiger partial charge in [0.2, 0.25) is 5.91 Å². The van der Waals surface area contributed by atoms with Gasteiger partial charge in [0.1, 0.15) is 12.4 Å². The summed E-state index contributed by atoms with van der Waals surface area (Å²) in [4.78, 5) is 18.9. The number of amides is 1. The Labute approximate surface area is 143 Å². The van der Waals surface area contributed by atoms with E-state index in [0.29, 0.717) is 12.5 Å². The van der Waals surface area contributed by atoms with Crippen LogP contribution in [0.4, 0.5) is 0 Å². The van der Waals surface area contributed by atoms with Crippen molar-refractivity contribution in [3.05, 3.63) is 54.1 Å². The third kappa shape index (κ3) is 4.03. The number of imidazole rings is 1. The largest absolute Gasteiger partial charge is 0.367 e. The second-order valence-electron chi connectivity index (χ2n) is 6.23. The van der Waals surface area contributed by atoms with Gasteiger partial charge in [-0.1, -0.05) is 30.3 Å². The highest BCUT2D eigenvalue weighted by Crippen LogP contribution is 2.25. The SMILES string of the molecule is CCn1ccnc1[C@H]1CCCN(C(=O)COCc2ccccc2)C1. The minimum atomic E-state index is 0.0743. The second kappa shape index (κ2) is 8.11. The van der Waals surface area contributed by atoms with Crippen LogP contribution in [0.3, 0.4) is 0 Å². The molecule has 5 nitrogen and oxygen atoms in total. The summed E-state index contributed by atoms with van der Waals surface area (Å²) < 4.78 is 7.76. The Morgan fingerprint density at radius 2 is 2.17 bits per heavy atom. The van der Waals surface area contributed by atoms with Gasteiger partial charge in [0.25, 0.3) is 0 Å². The molecule has 1 aromatic carbocycles. The van der Waals surface area contributed by atoms with Crippen molar-refractivity contribution in [2.45, 2.75) is 38.8 Å². The average Bonchev–Trinajstić information content (AvgIpc) is 3.11. The van der Waals surface area contributed by atoms with Crippen LogP contribution in [-0.4, -0.2) is 40.1 Å². The Bertz CT molecular complexity index is 654. The molecule has 2 aromatic rings.